The fraction of sp³-hybridized carbons (Fsp3) is 0.588. The number of carbonyl (C=O) groups is 1. The van der Waals surface area contributed by atoms with Crippen LogP contribution < -0.4 is 0 Å². The molecule has 0 bridgehead atoms. The first-order valence-electron chi connectivity index (χ1n) is 8.16. The number of carbonyl (C=O) groups excluding carboxylic acids is 1. The predicted octanol–water partition coefficient (Wildman–Crippen LogP) is 3.86. The standard InChI is InChI=1S/C15H20O.C2H5O4P/c1-12(11-16)15-8-6-14(7-9-15)10-13-4-2-3-5-13;3-7(4)5-1-2-6-7/h6-9,11-13H,2-5,10H2,1H3;1-2H2,(H,3,4). The van der Waals surface area contributed by atoms with Gasteiger partial charge in [0.05, 0.1) is 13.2 Å². The molecule has 128 valence electrons. The Labute approximate surface area is 137 Å². The van der Waals surface area contributed by atoms with Crippen molar-refractivity contribution in [1.82, 2.24) is 0 Å². The van der Waals surface area contributed by atoms with Gasteiger partial charge >= 0.3 is 7.82 Å². The van der Waals surface area contributed by atoms with E-state index in [0.29, 0.717) is 0 Å². The number of rotatable bonds is 4. The van der Waals surface area contributed by atoms with Gasteiger partial charge in [-0.1, -0.05) is 56.9 Å². The quantitative estimate of drug-likeness (QED) is 0.666. The Morgan fingerprint density at radius 1 is 1.22 bits per heavy atom. The maximum atomic E-state index is 10.7. The average molecular weight is 340 g/mol. The van der Waals surface area contributed by atoms with Crippen LogP contribution in [-0.4, -0.2) is 24.4 Å². The molecule has 3 rings (SSSR count). The minimum atomic E-state index is -3.54. The van der Waals surface area contributed by atoms with Gasteiger partial charge in [-0.2, -0.15) is 0 Å². The van der Waals surface area contributed by atoms with Gasteiger partial charge in [-0.3, -0.25) is 9.05 Å². The van der Waals surface area contributed by atoms with E-state index in [1.807, 2.05) is 6.92 Å². The highest BCUT2D eigenvalue weighted by molar-refractivity contribution is 7.47. The zero-order valence-corrected chi connectivity index (χ0v) is 14.4. The first kappa shape index (κ1) is 18.3. The van der Waals surface area contributed by atoms with Crippen molar-refractivity contribution in [3.05, 3.63) is 35.4 Å². The number of phosphoric acid groups is 1. The molecule has 1 unspecified atom stereocenters. The van der Waals surface area contributed by atoms with Crippen LogP contribution in [-0.2, 0) is 24.8 Å². The molecular weight excluding hydrogens is 315 g/mol. The van der Waals surface area contributed by atoms with Crippen molar-refractivity contribution >= 4 is 14.1 Å². The van der Waals surface area contributed by atoms with Gasteiger partial charge in [0, 0.05) is 5.92 Å². The maximum absolute atomic E-state index is 10.7. The summed E-state index contributed by atoms with van der Waals surface area (Å²) in [6.45, 7) is 2.40. The molecule has 1 saturated carbocycles. The van der Waals surface area contributed by atoms with E-state index < -0.39 is 7.82 Å². The van der Waals surface area contributed by atoms with Crippen LogP contribution in [0.15, 0.2) is 24.3 Å². The Bertz CT molecular complexity index is 526. The number of aldehydes is 1. The van der Waals surface area contributed by atoms with Crippen molar-refractivity contribution in [2.75, 3.05) is 13.2 Å². The molecule has 6 heteroatoms. The van der Waals surface area contributed by atoms with Crippen LogP contribution in [0.2, 0.25) is 0 Å². The summed E-state index contributed by atoms with van der Waals surface area (Å²) in [5.74, 6) is 0.926. The lowest BCUT2D eigenvalue weighted by molar-refractivity contribution is -0.108. The van der Waals surface area contributed by atoms with Gasteiger partial charge in [0.2, 0.25) is 0 Å². The van der Waals surface area contributed by atoms with Crippen molar-refractivity contribution in [2.24, 2.45) is 5.92 Å². The number of phosphoric ester groups is 1. The molecule has 0 spiro atoms. The third-order valence-corrected chi connectivity index (χ3v) is 5.32. The van der Waals surface area contributed by atoms with Gasteiger partial charge in [-0.25, -0.2) is 4.57 Å². The fourth-order valence-electron chi connectivity index (χ4n) is 2.93. The molecule has 2 aliphatic rings. The Morgan fingerprint density at radius 3 is 2.22 bits per heavy atom. The van der Waals surface area contributed by atoms with Crippen molar-refractivity contribution in [3.8, 4) is 0 Å². The average Bonchev–Trinajstić information content (AvgIpc) is 3.19. The van der Waals surface area contributed by atoms with Crippen molar-refractivity contribution in [2.45, 2.75) is 44.9 Å². The van der Waals surface area contributed by atoms with Gasteiger partial charge < -0.3 is 9.69 Å². The van der Waals surface area contributed by atoms with Crippen LogP contribution in [0.4, 0.5) is 0 Å². The lowest BCUT2D eigenvalue weighted by Crippen LogP contribution is -1.99. The summed E-state index contributed by atoms with van der Waals surface area (Å²) < 4.78 is 18.6. The Hall–Kier alpha value is -1.00. The number of benzene rings is 1. The molecule has 0 radical (unpaired) electrons. The molecule has 1 aromatic rings. The van der Waals surface area contributed by atoms with Crippen molar-refractivity contribution in [1.29, 1.82) is 0 Å². The van der Waals surface area contributed by atoms with Crippen molar-refractivity contribution in [3.63, 3.8) is 0 Å². The second-order valence-corrected chi connectivity index (χ2v) is 7.61. The molecule has 1 aliphatic heterocycles. The first-order chi connectivity index (χ1) is 11.0. The summed E-state index contributed by atoms with van der Waals surface area (Å²) in [4.78, 5) is 19.0. The van der Waals surface area contributed by atoms with Gasteiger partial charge in [0.15, 0.2) is 0 Å². The molecule has 1 aliphatic carbocycles. The molecule has 5 nitrogen and oxygen atoms in total. The highest BCUT2D eigenvalue weighted by Crippen LogP contribution is 2.46. The molecule has 0 amide bonds. The van der Waals surface area contributed by atoms with Gasteiger partial charge in [0.25, 0.3) is 0 Å². The summed E-state index contributed by atoms with van der Waals surface area (Å²) in [5.41, 5.74) is 2.55. The largest absolute Gasteiger partial charge is 0.472 e. The monoisotopic (exact) mass is 340 g/mol. The fourth-order valence-corrected chi connectivity index (χ4v) is 3.61. The first-order valence-corrected chi connectivity index (χ1v) is 9.66. The summed E-state index contributed by atoms with van der Waals surface area (Å²) in [6, 6.07) is 8.58. The summed E-state index contributed by atoms with van der Waals surface area (Å²) in [6.07, 6.45) is 7.83. The summed E-state index contributed by atoms with van der Waals surface area (Å²) in [5, 5.41) is 0. The van der Waals surface area contributed by atoms with Crippen LogP contribution in [0.3, 0.4) is 0 Å². The lowest BCUT2D eigenvalue weighted by atomic mass is 9.95. The van der Waals surface area contributed by atoms with Crippen molar-refractivity contribution < 1.29 is 23.3 Å². The number of hydrogen-bond acceptors (Lipinski definition) is 4. The van der Waals surface area contributed by atoms with E-state index in [1.165, 1.54) is 37.7 Å². The summed E-state index contributed by atoms with van der Waals surface area (Å²) >= 11 is 0. The van der Waals surface area contributed by atoms with Gasteiger partial charge in [0.1, 0.15) is 6.29 Å². The maximum Gasteiger partial charge on any atom is 0.472 e. The second-order valence-electron chi connectivity index (χ2n) is 6.16. The van der Waals surface area contributed by atoms with Gasteiger partial charge in [-0.15, -0.1) is 0 Å². The molecule has 0 aromatic heterocycles. The van der Waals surface area contributed by atoms with E-state index in [4.69, 9.17) is 4.89 Å². The van der Waals surface area contributed by atoms with Crippen LogP contribution >= 0.6 is 7.82 Å². The minimum absolute atomic E-state index is 0.0283. The third-order valence-electron chi connectivity index (χ3n) is 4.30. The number of hydrogen-bond donors (Lipinski definition) is 1. The molecule has 23 heavy (non-hydrogen) atoms. The summed E-state index contributed by atoms with van der Waals surface area (Å²) in [7, 11) is -3.54. The zero-order chi connectivity index (χ0) is 16.7. The molecule has 2 fully saturated rings. The van der Waals surface area contributed by atoms with Crippen LogP contribution in [0.5, 0.6) is 0 Å². The molecule has 1 atom stereocenters. The van der Waals surface area contributed by atoms with E-state index in [9.17, 15) is 9.36 Å². The SMILES string of the molecule is CC(C=O)c1ccc(CC2CCCC2)cc1.O=P1(O)OCCO1. The van der Waals surface area contributed by atoms with Crippen LogP contribution in [0.1, 0.15) is 49.7 Å². The van der Waals surface area contributed by atoms with E-state index in [2.05, 4.69) is 33.3 Å². The van der Waals surface area contributed by atoms with Crippen LogP contribution in [0, 0.1) is 5.92 Å². The van der Waals surface area contributed by atoms with E-state index in [0.717, 1.165) is 17.8 Å². The topological polar surface area (TPSA) is 72.8 Å². The molecular formula is C17H25O5P. The Balaban J connectivity index is 0.000000229. The van der Waals surface area contributed by atoms with Gasteiger partial charge in [-0.05, 0) is 23.5 Å². The predicted molar refractivity (Wildman–Crippen MR) is 88.3 cm³/mol. The Morgan fingerprint density at radius 2 is 1.78 bits per heavy atom. The molecule has 1 aromatic carbocycles. The zero-order valence-electron chi connectivity index (χ0n) is 13.5. The molecule has 1 saturated heterocycles. The highest BCUT2D eigenvalue weighted by atomic mass is 31.2. The van der Waals surface area contributed by atoms with E-state index in [1.54, 1.807) is 0 Å². The normalized spacial score (nSPS) is 21.5. The second kappa shape index (κ2) is 8.74. The molecule has 1 N–H and O–H groups in total. The highest BCUT2D eigenvalue weighted by Gasteiger charge is 2.26. The lowest BCUT2D eigenvalue weighted by Gasteiger charge is -2.10. The van der Waals surface area contributed by atoms with E-state index >= 15 is 0 Å². The minimum Gasteiger partial charge on any atom is -0.303 e. The molecule has 1 heterocycles. The smallest absolute Gasteiger partial charge is 0.303 e. The van der Waals surface area contributed by atoms with Crippen LogP contribution in [0.25, 0.3) is 0 Å². The third kappa shape index (κ3) is 6.19. The Kier molecular flexibility index (Phi) is 6.97. The van der Waals surface area contributed by atoms with E-state index in [-0.39, 0.29) is 19.1 Å².